The molecule has 0 unspecified atom stereocenters. The molecule has 0 heterocycles. The minimum atomic E-state index is -1.72. The van der Waals surface area contributed by atoms with Gasteiger partial charge in [-0.05, 0) is 0 Å². The second-order valence-electron chi connectivity index (χ2n) is 2.98. The molecule has 9 heteroatoms. The van der Waals surface area contributed by atoms with Crippen molar-refractivity contribution in [2.75, 3.05) is 0 Å². The van der Waals surface area contributed by atoms with E-state index in [4.69, 9.17) is 50.1 Å². The molecule has 0 bridgehead atoms. The number of carboxylic acids is 3. The molecule has 0 atom stereocenters. The molecule has 0 aromatic heterocycles. The molecule has 0 saturated heterocycles. The number of carboxylic acid groups (broad SMARTS) is 3. The molecule has 0 aliphatic heterocycles. The summed E-state index contributed by atoms with van der Waals surface area (Å²) in [5.74, 6) is -5.03. The van der Waals surface area contributed by atoms with E-state index in [-0.39, 0.29) is 0 Å². The van der Waals surface area contributed by atoms with Crippen molar-refractivity contribution in [3.63, 3.8) is 0 Å². The SMILES string of the molecule is O=C(O)c1c(Cl)c(Cl)c(C(=O)O)c(C(=O)O)c1Cl. The van der Waals surface area contributed by atoms with Gasteiger partial charge in [-0.15, -0.1) is 0 Å². The number of carbonyl (C=O) groups is 3. The van der Waals surface area contributed by atoms with Crippen molar-refractivity contribution in [2.24, 2.45) is 0 Å². The van der Waals surface area contributed by atoms with Crippen LogP contribution in [-0.4, -0.2) is 33.2 Å². The smallest absolute Gasteiger partial charge is 0.338 e. The summed E-state index contributed by atoms with van der Waals surface area (Å²) in [4.78, 5) is 32.7. The quantitative estimate of drug-likeness (QED) is 0.740. The van der Waals surface area contributed by atoms with Gasteiger partial charge in [0.15, 0.2) is 0 Å². The largest absolute Gasteiger partial charge is 0.478 e. The highest BCUT2D eigenvalue weighted by Crippen LogP contribution is 2.38. The molecular weight excluding hydrogens is 310 g/mol. The Morgan fingerprint density at radius 2 is 0.889 bits per heavy atom. The number of hydrogen-bond acceptors (Lipinski definition) is 3. The first-order valence-electron chi connectivity index (χ1n) is 4.10. The Morgan fingerprint density at radius 1 is 0.611 bits per heavy atom. The molecule has 96 valence electrons. The Balaban J connectivity index is 3.94. The van der Waals surface area contributed by atoms with Crippen molar-refractivity contribution < 1.29 is 29.7 Å². The Morgan fingerprint density at radius 3 is 1.22 bits per heavy atom. The van der Waals surface area contributed by atoms with Gasteiger partial charge in [0.1, 0.15) is 0 Å². The fraction of sp³-hybridized carbons (Fsp3) is 0. The summed E-state index contributed by atoms with van der Waals surface area (Å²) in [6.45, 7) is 0. The zero-order valence-corrected chi connectivity index (χ0v) is 10.5. The number of rotatable bonds is 3. The Kier molecular flexibility index (Phi) is 4.05. The van der Waals surface area contributed by atoms with Gasteiger partial charge >= 0.3 is 17.9 Å². The van der Waals surface area contributed by atoms with E-state index >= 15 is 0 Å². The van der Waals surface area contributed by atoms with Crippen LogP contribution >= 0.6 is 34.8 Å². The lowest BCUT2D eigenvalue weighted by Crippen LogP contribution is -2.14. The maximum Gasteiger partial charge on any atom is 0.338 e. The zero-order valence-electron chi connectivity index (χ0n) is 8.20. The summed E-state index contributed by atoms with van der Waals surface area (Å²) in [5.41, 5.74) is -2.54. The van der Waals surface area contributed by atoms with Crippen LogP contribution < -0.4 is 0 Å². The van der Waals surface area contributed by atoms with Gasteiger partial charge in [0.2, 0.25) is 0 Å². The van der Waals surface area contributed by atoms with Gasteiger partial charge in [-0.25, -0.2) is 14.4 Å². The van der Waals surface area contributed by atoms with Crippen LogP contribution in [0.25, 0.3) is 0 Å². The van der Waals surface area contributed by atoms with Crippen LogP contribution in [0.1, 0.15) is 31.1 Å². The second-order valence-corrected chi connectivity index (χ2v) is 4.12. The summed E-state index contributed by atoms with van der Waals surface area (Å²) in [6.07, 6.45) is 0. The van der Waals surface area contributed by atoms with E-state index in [1.54, 1.807) is 0 Å². The van der Waals surface area contributed by atoms with Crippen LogP contribution in [0.5, 0.6) is 0 Å². The van der Waals surface area contributed by atoms with Gasteiger partial charge in [0.25, 0.3) is 0 Å². The molecular formula is C9H3Cl3O6. The third-order valence-corrected chi connectivity index (χ3v) is 3.19. The van der Waals surface area contributed by atoms with Crippen molar-refractivity contribution in [1.82, 2.24) is 0 Å². The third-order valence-electron chi connectivity index (χ3n) is 1.96. The molecule has 1 aromatic rings. The van der Waals surface area contributed by atoms with Crippen molar-refractivity contribution in [2.45, 2.75) is 0 Å². The van der Waals surface area contributed by atoms with Crippen LogP contribution in [0.3, 0.4) is 0 Å². The Labute approximate surface area is 114 Å². The Hall–Kier alpha value is -1.50. The molecule has 1 aromatic carbocycles. The summed E-state index contributed by atoms with van der Waals surface area (Å²) >= 11 is 16.7. The predicted octanol–water partition coefficient (Wildman–Crippen LogP) is 2.74. The van der Waals surface area contributed by atoms with Crippen molar-refractivity contribution in [3.8, 4) is 0 Å². The number of halogens is 3. The molecule has 18 heavy (non-hydrogen) atoms. The fourth-order valence-corrected chi connectivity index (χ4v) is 2.19. The first kappa shape index (κ1) is 14.6. The monoisotopic (exact) mass is 312 g/mol. The van der Waals surface area contributed by atoms with Crippen molar-refractivity contribution in [1.29, 1.82) is 0 Å². The Bertz CT molecular complexity index is 580. The highest BCUT2D eigenvalue weighted by Gasteiger charge is 2.31. The normalized spacial score (nSPS) is 10.2. The van der Waals surface area contributed by atoms with Gasteiger partial charge in [-0.2, -0.15) is 0 Å². The van der Waals surface area contributed by atoms with Crippen molar-refractivity contribution in [3.05, 3.63) is 31.8 Å². The minimum Gasteiger partial charge on any atom is -0.478 e. The highest BCUT2D eigenvalue weighted by molar-refractivity contribution is 6.49. The molecule has 0 radical (unpaired) electrons. The van der Waals surface area contributed by atoms with Crippen molar-refractivity contribution >= 4 is 52.7 Å². The maximum absolute atomic E-state index is 10.9. The molecule has 1 rings (SSSR count). The maximum atomic E-state index is 10.9. The van der Waals surface area contributed by atoms with E-state index in [1.807, 2.05) is 0 Å². The zero-order chi connectivity index (χ0) is 14.2. The van der Waals surface area contributed by atoms with E-state index in [0.29, 0.717) is 0 Å². The van der Waals surface area contributed by atoms with Gasteiger partial charge in [-0.3, -0.25) is 0 Å². The fourth-order valence-electron chi connectivity index (χ4n) is 1.25. The third kappa shape index (κ3) is 2.22. The lowest BCUT2D eigenvalue weighted by molar-refractivity contribution is 0.0649. The van der Waals surface area contributed by atoms with Crippen LogP contribution in [0.4, 0.5) is 0 Å². The number of benzene rings is 1. The molecule has 0 spiro atoms. The average Bonchev–Trinajstić information content (AvgIpc) is 2.21. The molecule has 0 saturated carbocycles. The molecule has 0 fully saturated rings. The van der Waals surface area contributed by atoms with Gasteiger partial charge in [0.05, 0.1) is 31.8 Å². The lowest BCUT2D eigenvalue weighted by Gasteiger charge is -2.11. The van der Waals surface area contributed by atoms with Crippen LogP contribution in [0.15, 0.2) is 0 Å². The first-order valence-corrected chi connectivity index (χ1v) is 5.23. The van der Waals surface area contributed by atoms with E-state index in [9.17, 15) is 14.4 Å². The predicted molar refractivity (Wildman–Crippen MR) is 62.3 cm³/mol. The molecule has 0 aliphatic carbocycles. The molecule has 0 amide bonds. The van der Waals surface area contributed by atoms with Crippen LogP contribution in [0, 0.1) is 0 Å². The average molecular weight is 313 g/mol. The van der Waals surface area contributed by atoms with Crippen LogP contribution in [-0.2, 0) is 0 Å². The second kappa shape index (κ2) is 5.01. The van der Waals surface area contributed by atoms with Gasteiger partial charge < -0.3 is 15.3 Å². The van der Waals surface area contributed by atoms with E-state index in [0.717, 1.165) is 0 Å². The summed E-state index contributed by atoms with van der Waals surface area (Å²) in [5, 5.41) is 24.5. The van der Waals surface area contributed by atoms with Crippen LogP contribution in [0.2, 0.25) is 15.1 Å². The lowest BCUT2D eigenvalue weighted by atomic mass is 10.0. The van der Waals surface area contributed by atoms with E-state index in [1.165, 1.54) is 0 Å². The first-order chi connectivity index (χ1) is 8.20. The topological polar surface area (TPSA) is 112 Å². The van der Waals surface area contributed by atoms with Gasteiger partial charge in [0, 0.05) is 0 Å². The minimum absolute atomic E-state index is 0.628. The molecule has 0 aliphatic rings. The highest BCUT2D eigenvalue weighted by atomic mass is 35.5. The standard InChI is InChI=1S/C9H3Cl3O6/c10-4-1(7(13)14)2(8(15)16)5(11)6(12)3(4)9(17)18/h(H,13,14)(H,15,16)(H,17,18). The number of hydrogen-bond donors (Lipinski definition) is 3. The number of aromatic carboxylic acids is 3. The summed E-state index contributed by atoms with van der Waals surface area (Å²) in [6, 6.07) is 0. The van der Waals surface area contributed by atoms with E-state index in [2.05, 4.69) is 0 Å². The van der Waals surface area contributed by atoms with Gasteiger partial charge in [-0.1, -0.05) is 34.8 Å². The molecule has 6 nitrogen and oxygen atoms in total. The van der Waals surface area contributed by atoms with E-state index < -0.39 is 49.7 Å². The summed E-state index contributed by atoms with van der Waals surface area (Å²) < 4.78 is 0. The summed E-state index contributed by atoms with van der Waals surface area (Å²) in [7, 11) is 0. The molecule has 3 N–H and O–H groups in total.